The smallest absolute Gasteiger partial charge is 0.141 e. The van der Waals surface area contributed by atoms with Crippen molar-refractivity contribution in [1.29, 1.82) is 0 Å². The van der Waals surface area contributed by atoms with Gasteiger partial charge >= 0.3 is 0 Å². The van der Waals surface area contributed by atoms with Crippen molar-refractivity contribution < 1.29 is 8.83 Å². The Balaban J connectivity index is 1.57. The van der Waals surface area contributed by atoms with Gasteiger partial charge in [-0.05, 0) is 45.8 Å². The number of rotatable bonds is 8. The van der Waals surface area contributed by atoms with E-state index in [1.54, 1.807) is 0 Å². The topological polar surface area (TPSA) is 26.3 Å². The molecule has 0 N–H and O–H groups in total. The summed E-state index contributed by atoms with van der Waals surface area (Å²) >= 11 is 0. The molecule has 0 aliphatic heterocycles. The summed E-state index contributed by atoms with van der Waals surface area (Å²) in [5.41, 5.74) is 2.11. The molecule has 0 saturated carbocycles. The first-order valence-corrected chi connectivity index (χ1v) is 20.0. The Bertz CT molecular complexity index is 1650. The number of fused-ring (bicyclic) bond motifs is 9. The summed E-state index contributed by atoms with van der Waals surface area (Å²) in [6.07, 6.45) is 0. The first kappa shape index (κ1) is 25.5. The molecule has 0 atom stereocenters. The molecule has 4 heteroatoms. The van der Waals surface area contributed by atoms with Crippen LogP contribution in [0, 0.1) is 0 Å². The van der Waals surface area contributed by atoms with Gasteiger partial charge in [-0.1, -0.05) is 114 Å². The van der Waals surface area contributed by atoms with E-state index in [1.165, 1.54) is 90.1 Å². The van der Waals surface area contributed by atoms with Crippen LogP contribution in [0.3, 0.4) is 0 Å². The van der Waals surface area contributed by atoms with Crippen LogP contribution in [0.1, 0.15) is 41.5 Å². The molecule has 0 unspecified atom stereocenters. The largest absolute Gasteiger partial charge is 0.466 e. The summed E-state index contributed by atoms with van der Waals surface area (Å²) in [7, 11) is -3.15. The van der Waals surface area contributed by atoms with Crippen molar-refractivity contribution >= 4 is 81.2 Å². The third kappa shape index (κ3) is 3.49. The van der Waals surface area contributed by atoms with E-state index in [0.717, 1.165) is 11.2 Å². The fourth-order valence-electron chi connectivity index (χ4n) is 7.10. The molecule has 0 amide bonds. The molecular formula is C34H40O2Si2. The minimum Gasteiger partial charge on any atom is -0.466 e. The van der Waals surface area contributed by atoms with Gasteiger partial charge in [-0.25, -0.2) is 0 Å². The highest BCUT2D eigenvalue weighted by Crippen LogP contribution is 2.38. The van der Waals surface area contributed by atoms with Gasteiger partial charge in [0.15, 0.2) is 0 Å². The lowest BCUT2D eigenvalue weighted by Crippen LogP contribution is -2.44. The Morgan fingerprint density at radius 2 is 0.711 bits per heavy atom. The fraction of sp³-hybridized carbons (Fsp3) is 0.353. The predicted molar refractivity (Wildman–Crippen MR) is 172 cm³/mol. The van der Waals surface area contributed by atoms with Gasteiger partial charge in [0.05, 0.1) is 10.8 Å². The second-order valence-corrected chi connectivity index (χ2v) is 21.6. The van der Waals surface area contributed by atoms with E-state index < -0.39 is 16.1 Å². The zero-order chi connectivity index (χ0) is 26.7. The van der Waals surface area contributed by atoms with Crippen molar-refractivity contribution in [2.45, 2.75) is 77.8 Å². The second kappa shape index (κ2) is 9.42. The molecule has 0 saturated heterocycles. The third-order valence-electron chi connectivity index (χ3n) is 10.3. The molecule has 2 heterocycles. The molecule has 38 heavy (non-hydrogen) atoms. The molecule has 2 aromatic heterocycles. The molecule has 2 nitrogen and oxygen atoms in total. The van der Waals surface area contributed by atoms with E-state index in [1.807, 2.05) is 0 Å². The molecule has 0 aliphatic rings. The van der Waals surface area contributed by atoms with E-state index >= 15 is 0 Å². The van der Waals surface area contributed by atoms with E-state index in [9.17, 15) is 0 Å². The van der Waals surface area contributed by atoms with Gasteiger partial charge in [0.2, 0.25) is 0 Å². The third-order valence-corrected chi connectivity index (χ3v) is 21.0. The number of hydrogen-bond donors (Lipinski definition) is 0. The molecule has 0 radical (unpaired) electrons. The zero-order valence-corrected chi connectivity index (χ0v) is 25.8. The van der Waals surface area contributed by atoms with Crippen molar-refractivity contribution in [3.8, 4) is 0 Å². The summed E-state index contributed by atoms with van der Waals surface area (Å²) in [6, 6.07) is 30.3. The summed E-state index contributed by atoms with van der Waals surface area (Å²) in [6.45, 7) is 14.1. The van der Waals surface area contributed by atoms with E-state index in [4.69, 9.17) is 8.83 Å². The normalized spacial score (nSPS) is 13.1. The molecule has 4 aromatic carbocycles. The monoisotopic (exact) mass is 536 g/mol. The maximum atomic E-state index is 6.73. The Morgan fingerprint density at radius 3 is 1.05 bits per heavy atom. The summed E-state index contributed by atoms with van der Waals surface area (Å²) in [5.74, 6) is 0. The molecule has 0 aliphatic carbocycles. The highest BCUT2D eigenvalue weighted by Gasteiger charge is 2.34. The number of benzene rings is 4. The molecule has 0 spiro atoms. The number of hydrogen-bond acceptors (Lipinski definition) is 2. The van der Waals surface area contributed by atoms with Gasteiger partial charge in [0.1, 0.15) is 27.3 Å². The van der Waals surface area contributed by atoms with E-state index in [2.05, 4.69) is 102 Å². The minimum absolute atomic E-state index is 1.05. The summed E-state index contributed by atoms with van der Waals surface area (Å²) in [5, 5.41) is 12.6. The summed E-state index contributed by atoms with van der Waals surface area (Å²) in [4.78, 5) is 0. The Kier molecular flexibility index (Phi) is 6.31. The van der Waals surface area contributed by atoms with Gasteiger partial charge in [-0.2, -0.15) is 0 Å². The van der Waals surface area contributed by atoms with Crippen LogP contribution < -0.4 is 10.8 Å². The van der Waals surface area contributed by atoms with Gasteiger partial charge < -0.3 is 8.83 Å². The quantitative estimate of drug-likeness (QED) is 0.143. The molecular weight excluding hydrogens is 497 g/mol. The van der Waals surface area contributed by atoms with Crippen molar-refractivity contribution in [2.24, 2.45) is 0 Å². The van der Waals surface area contributed by atoms with Crippen molar-refractivity contribution in [3.05, 3.63) is 60.7 Å². The zero-order valence-electron chi connectivity index (χ0n) is 23.8. The Hall–Kier alpha value is -2.83. The van der Waals surface area contributed by atoms with Gasteiger partial charge in [-0.15, -0.1) is 0 Å². The Labute approximate surface area is 228 Å². The van der Waals surface area contributed by atoms with Crippen molar-refractivity contribution in [3.63, 3.8) is 0 Å². The highest BCUT2D eigenvalue weighted by molar-refractivity contribution is 6.91. The first-order valence-electron chi connectivity index (χ1n) is 14.7. The van der Waals surface area contributed by atoms with Gasteiger partial charge in [-0.3, -0.25) is 0 Å². The van der Waals surface area contributed by atoms with Crippen LogP contribution in [0.4, 0.5) is 0 Å². The maximum Gasteiger partial charge on any atom is 0.141 e. The lowest BCUT2D eigenvalue weighted by Gasteiger charge is -2.24. The summed E-state index contributed by atoms with van der Waals surface area (Å²) < 4.78 is 13.5. The lowest BCUT2D eigenvalue weighted by molar-refractivity contribution is 0.648. The van der Waals surface area contributed by atoms with Crippen LogP contribution in [0.2, 0.25) is 36.3 Å². The number of furan rings is 2. The fourth-order valence-corrected chi connectivity index (χ4v) is 13.8. The van der Waals surface area contributed by atoms with Crippen LogP contribution in [0.5, 0.6) is 0 Å². The molecule has 0 bridgehead atoms. The van der Waals surface area contributed by atoms with E-state index in [0.29, 0.717) is 0 Å². The van der Waals surface area contributed by atoms with Gasteiger partial charge in [0.25, 0.3) is 0 Å². The molecule has 196 valence electrons. The van der Waals surface area contributed by atoms with Crippen molar-refractivity contribution in [2.75, 3.05) is 0 Å². The average molecular weight is 537 g/mol. The van der Waals surface area contributed by atoms with Crippen LogP contribution in [-0.2, 0) is 0 Å². The predicted octanol–water partition coefficient (Wildman–Crippen LogP) is 10.1. The average Bonchev–Trinajstić information content (AvgIpc) is 3.61. The standard InChI is InChI=1S/C34H40O2Si2/c1-7-37(8-2,9-3)31-21-23-13-15-27-25-18-20-30-28(26(25)17-19-29(27)33(23)35-31)16-14-24-22-32(36-34(24)30)38(10-4,11-5)12-6/h13-22H,7-12H2,1-6H3. The SMILES string of the molecule is CC[Si](CC)(CC)c1cc2ccc3c4ccc5c(ccc6cc([Si](CC)(CC)CC)oc65)c4ccc3c2o1. The molecule has 6 aromatic rings. The van der Waals surface area contributed by atoms with Crippen molar-refractivity contribution in [1.82, 2.24) is 0 Å². The molecule has 6 rings (SSSR count). The van der Waals surface area contributed by atoms with Crippen LogP contribution in [0.25, 0.3) is 54.3 Å². The Morgan fingerprint density at radius 1 is 0.421 bits per heavy atom. The lowest BCUT2D eigenvalue weighted by atomic mass is 9.96. The molecule has 0 fully saturated rings. The van der Waals surface area contributed by atoms with Crippen LogP contribution >= 0.6 is 0 Å². The minimum atomic E-state index is -1.57. The first-order chi connectivity index (χ1) is 18.5. The van der Waals surface area contributed by atoms with Crippen LogP contribution in [0.15, 0.2) is 69.5 Å². The van der Waals surface area contributed by atoms with Gasteiger partial charge in [0, 0.05) is 21.5 Å². The second-order valence-electron chi connectivity index (χ2n) is 11.3. The maximum absolute atomic E-state index is 6.73. The highest BCUT2D eigenvalue weighted by atomic mass is 28.3. The van der Waals surface area contributed by atoms with Crippen LogP contribution in [-0.4, -0.2) is 16.1 Å². The van der Waals surface area contributed by atoms with E-state index in [-0.39, 0.29) is 0 Å².